The largest absolute Gasteiger partial charge is 0.348 e. The second kappa shape index (κ2) is 6.66. The lowest BCUT2D eigenvalue weighted by atomic mass is 9.77. The summed E-state index contributed by atoms with van der Waals surface area (Å²) in [5, 5.41) is 2.29. The van der Waals surface area contributed by atoms with Gasteiger partial charge < -0.3 is 5.32 Å². The Bertz CT molecular complexity index is 76.9. The molecule has 0 aromatic carbocycles. The minimum Gasteiger partial charge on any atom is -0.348 e. The zero-order valence-electron chi connectivity index (χ0n) is 8.56. The minimum atomic E-state index is 0.962. The molecule has 0 bridgehead atoms. The summed E-state index contributed by atoms with van der Waals surface area (Å²) in [4.78, 5) is 0. The lowest BCUT2D eigenvalue weighted by Gasteiger charge is -2.29. The van der Waals surface area contributed by atoms with Crippen molar-refractivity contribution in [2.45, 2.75) is 40.0 Å². The van der Waals surface area contributed by atoms with Gasteiger partial charge in [-0.15, -0.1) is 0 Å². The highest BCUT2D eigenvalue weighted by Gasteiger charge is 2.23. The molecule has 2 N–H and O–H groups in total. The molecule has 11 heavy (non-hydrogen) atoms. The Balaban J connectivity index is 0.000000461. The van der Waals surface area contributed by atoms with Crippen LogP contribution in [0.5, 0.6) is 0 Å². The summed E-state index contributed by atoms with van der Waals surface area (Å²) in [6.45, 7) is 7.70. The van der Waals surface area contributed by atoms with Gasteiger partial charge in [-0.2, -0.15) is 0 Å². The van der Waals surface area contributed by atoms with Crippen molar-refractivity contribution < 1.29 is 5.32 Å². The second-order valence-corrected chi connectivity index (χ2v) is 3.31. The first-order valence-electron chi connectivity index (χ1n) is 5.12. The van der Waals surface area contributed by atoms with Crippen LogP contribution >= 0.6 is 0 Å². The summed E-state index contributed by atoms with van der Waals surface area (Å²) in [7, 11) is 2.16. The van der Waals surface area contributed by atoms with E-state index < -0.39 is 0 Å². The highest BCUT2D eigenvalue weighted by Crippen LogP contribution is 2.32. The van der Waals surface area contributed by atoms with E-state index in [1.165, 1.54) is 25.8 Å². The molecule has 1 aliphatic rings. The number of nitrogens with two attached hydrogens (primary N) is 1. The smallest absolute Gasteiger partial charge is 0.0781 e. The molecular formula is C10H24N+. The maximum atomic E-state index is 2.38. The van der Waals surface area contributed by atoms with E-state index in [2.05, 4.69) is 19.3 Å². The molecule has 0 saturated heterocycles. The Kier molecular flexibility index (Phi) is 6.63. The van der Waals surface area contributed by atoms with Crippen LogP contribution in [-0.4, -0.2) is 13.6 Å². The van der Waals surface area contributed by atoms with Crippen LogP contribution in [0.2, 0.25) is 0 Å². The molecule has 68 valence electrons. The fourth-order valence-electron chi connectivity index (χ4n) is 1.57. The van der Waals surface area contributed by atoms with Crippen LogP contribution in [0, 0.1) is 11.8 Å². The summed E-state index contributed by atoms with van der Waals surface area (Å²) in [5.74, 6) is 2.03. The maximum Gasteiger partial charge on any atom is 0.0781 e. The predicted molar refractivity (Wildman–Crippen MR) is 50.6 cm³/mol. The lowest BCUT2D eigenvalue weighted by Crippen LogP contribution is -2.81. The number of rotatable bonds is 3. The van der Waals surface area contributed by atoms with Crippen LogP contribution < -0.4 is 5.32 Å². The predicted octanol–water partition coefficient (Wildman–Crippen LogP) is 1.64. The van der Waals surface area contributed by atoms with E-state index in [1.807, 2.05) is 13.8 Å². The first-order valence-corrected chi connectivity index (χ1v) is 5.12. The van der Waals surface area contributed by atoms with Gasteiger partial charge in [-0.3, -0.25) is 0 Å². The Morgan fingerprint density at radius 3 is 2.18 bits per heavy atom. The van der Waals surface area contributed by atoms with Crippen molar-refractivity contribution in [2.24, 2.45) is 11.8 Å². The van der Waals surface area contributed by atoms with Crippen molar-refractivity contribution in [3.05, 3.63) is 0 Å². The highest BCUT2D eigenvalue weighted by atomic mass is 14.8. The Morgan fingerprint density at radius 1 is 1.36 bits per heavy atom. The molecular weight excluding hydrogens is 134 g/mol. The number of quaternary nitrogens is 1. The van der Waals surface area contributed by atoms with E-state index in [0.717, 1.165) is 11.8 Å². The van der Waals surface area contributed by atoms with Gasteiger partial charge in [0.25, 0.3) is 0 Å². The van der Waals surface area contributed by atoms with Gasteiger partial charge in [0.05, 0.1) is 13.6 Å². The topological polar surface area (TPSA) is 16.6 Å². The van der Waals surface area contributed by atoms with E-state index in [0.29, 0.717) is 0 Å². The van der Waals surface area contributed by atoms with Gasteiger partial charge in [0, 0.05) is 5.92 Å². The molecule has 0 spiro atoms. The molecule has 1 atom stereocenters. The van der Waals surface area contributed by atoms with Gasteiger partial charge in [-0.25, -0.2) is 0 Å². The molecule has 1 fully saturated rings. The summed E-state index contributed by atoms with van der Waals surface area (Å²) in [6, 6.07) is 0. The van der Waals surface area contributed by atoms with Crippen molar-refractivity contribution in [3.8, 4) is 0 Å². The quantitative estimate of drug-likeness (QED) is 0.643. The van der Waals surface area contributed by atoms with Crippen LogP contribution in [0.4, 0.5) is 0 Å². The molecule has 1 nitrogen and oxygen atoms in total. The summed E-state index contributed by atoms with van der Waals surface area (Å²) in [6.07, 6.45) is 4.47. The molecule has 0 aliphatic heterocycles. The first-order chi connectivity index (χ1) is 5.34. The van der Waals surface area contributed by atoms with E-state index in [4.69, 9.17) is 0 Å². The van der Waals surface area contributed by atoms with Crippen LogP contribution in [0.15, 0.2) is 0 Å². The Labute approximate surface area is 71.6 Å². The molecule has 1 unspecified atom stereocenters. The standard InChI is InChI=1S/C8H17N.C2H6/c1-7(6-9-2)8-4-3-5-8;1-2/h7-9H,3-6H2,1-2H3;1-2H3/p+1. The molecule has 1 heteroatoms. The SMILES string of the molecule is CC.C[NH2+]CC(C)C1CCC1. The van der Waals surface area contributed by atoms with E-state index in [1.54, 1.807) is 0 Å². The minimum absolute atomic E-state index is 0.962. The molecule has 1 rings (SSSR count). The maximum absolute atomic E-state index is 2.38. The van der Waals surface area contributed by atoms with Crippen LogP contribution in [0.1, 0.15) is 40.0 Å². The number of hydrogen-bond donors (Lipinski definition) is 1. The van der Waals surface area contributed by atoms with E-state index in [9.17, 15) is 0 Å². The van der Waals surface area contributed by atoms with Crippen molar-refractivity contribution in [1.29, 1.82) is 0 Å². The Morgan fingerprint density at radius 2 is 1.91 bits per heavy atom. The molecule has 0 heterocycles. The number of hydrogen-bond acceptors (Lipinski definition) is 0. The highest BCUT2D eigenvalue weighted by molar-refractivity contribution is 4.73. The molecule has 0 radical (unpaired) electrons. The van der Waals surface area contributed by atoms with E-state index >= 15 is 0 Å². The van der Waals surface area contributed by atoms with Crippen LogP contribution in [-0.2, 0) is 0 Å². The normalized spacial score (nSPS) is 19.6. The molecule has 1 saturated carbocycles. The monoisotopic (exact) mass is 158 g/mol. The van der Waals surface area contributed by atoms with Gasteiger partial charge in [0.15, 0.2) is 0 Å². The summed E-state index contributed by atoms with van der Waals surface area (Å²) < 4.78 is 0. The molecule has 1 aliphatic carbocycles. The second-order valence-electron chi connectivity index (χ2n) is 3.31. The zero-order valence-corrected chi connectivity index (χ0v) is 8.56. The van der Waals surface area contributed by atoms with Gasteiger partial charge in [-0.05, 0) is 18.8 Å². The van der Waals surface area contributed by atoms with Crippen LogP contribution in [0.25, 0.3) is 0 Å². The third-order valence-corrected chi connectivity index (χ3v) is 2.56. The van der Waals surface area contributed by atoms with Gasteiger partial charge in [0.2, 0.25) is 0 Å². The fraction of sp³-hybridized carbons (Fsp3) is 1.00. The van der Waals surface area contributed by atoms with Crippen LogP contribution in [0.3, 0.4) is 0 Å². The first kappa shape index (κ1) is 11.0. The summed E-state index contributed by atoms with van der Waals surface area (Å²) in [5.41, 5.74) is 0. The van der Waals surface area contributed by atoms with Crippen molar-refractivity contribution in [2.75, 3.05) is 13.6 Å². The average molecular weight is 158 g/mol. The molecule has 0 aromatic heterocycles. The van der Waals surface area contributed by atoms with Gasteiger partial charge in [-0.1, -0.05) is 27.2 Å². The lowest BCUT2D eigenvalue weighted by molar-refractivity contribution is -0.634. The van der Waals surface area contributed by atoms with Gasteiger partial charge in [0.1, 0.15) is 0 Å². The zero-order chi connectivity index (χ0) is 8.69. The third-order valence-electron chi connectivity index (χ3n) is 2.56. The molecule has 0 aromatic rings. The third kappa shape index (κ3) is 3.76. The molecule has 0 amide bonds. The summed E-state index contributed by atoms with van der Waals surface area (Å²) >= 11 is 0. The Hall–Kier alpha value is -0.0400. The average Bonchev–Trinajstić information content (AvgIpc) is 1.89. The van der Waals surface area contributed by atoms with E-state index in [-0.39, 0.29) is 0 Å². The van der Waals surface area contributed by atoms with Crippen molar-refractivity contribution in [3.63, 3.8) is 0 Å². The van der Waals surface area contributed by atoms with Gasteiger partial charge >= 0.3 is 0 Å². The van der Waals surface area contributed by atoms with Crippen molar-refractivity contribution in [1.82, 2.24) is 0 Å². The van der Waals surface area contributed by atoms with Crippen molar-refractivity contribution >= 4 is 0 Å². The fourth-order valence-corrected chi connectivity index (χ4v) is 1.57.